The van der Waals surface area contributed by atoms with Gasteiger partial charge in [0.2, 0.25) is 0 Å². The highest BCUT2D eigenvalue weighted by Gasteiger charge is 2.12. The van der Waals surface area contributed by atoms with E-state index >= 15 is 0 Å². The number of morpholine rings is 1. The first-order valence-corrected chi connectivity index (χ1v) is 9.36. The number of halogens is 1. The summed E-state index contributed by atoms with van der Waals surface area (Å²) >= 11 is 0. The Morgan fingerprint density at radius 3 is 2.62 bits per heavy atom. The van der Waals surface area contributed by atoms with Gasteiger partial charge in [-0.25, -0.2) is 4.39 Å². The van der Waals surface area contributed by atoms with Crippen molar-refractivity contribution in [3.8, 4) is 11.8 Å². The Hall–Kier alpha value is -3.21. The number of hydrogen-bond donors (Lipinski definition) is 1. The molecule has 29 heavy (non-hydrogen) atoms. The van der Waals surface area contributed by atoms with E-state index < -0.39 is 11.7 Å². The number of nitriles is 1. The highest BCUT2D eigenvalue weighted by molar-refractivity contribution is 6.09. The van der Waals surface area contributed by atoms with Gasteiger partial charge in [-0.1, -0.05) is 24.3 Å². The molecule has 2 aromatic carbocycles. The zero-order chi connectivity index (χ0) is 20.5. The smallest absolute Gasteiger partial charge is 0.266 e. The van der Waals surface area contributed by atoms with Gasteiger partial charge in [0.25, 0.3) is 5.91 Å². The second kappa shape index (κ2) is 10.4. The fraction of sp³-hybridized carbons (Fsp3) is 0.273. The van der Waals surface area contributed by atoms with Crippen molar-refractivity contribution >= 4 is 17.7 Å². The van der Waals surface area contributed by atoms with Gasteiger partial charge in [-0.05, 0) is 35.9 Å². The van der Waals surface area contributed by atoms with E-state index in [0.29, 0.717) is 17.9 Å². The number of hydrogen-bond acceptors (Lipinski definition) is 5. The fourth-order valence-electron chi connectivity index (χ4n) is 2.85. The van der Waals surface area contributed by atoms with Gasteiger partial charge in [0.1, 0.15) is 29.8 Å². The molecule has 3 rings (SSSR count). The molecule has 0 aliphatic carbocycles. The molecule has 0 unspecified atom stereocenters. The third kappa shape index (κ3) is 6.14. The normalized spacial score (nSPS) is 14.8. The largest absolute Gasteiger partial charge is 0.492 e. The first-order chi connectivity index (χ1) is 14.2. The maximum Gasteiger partial charge on any atom is 0.266 e. The van der Waals surface area contributed by atoms with Crippen LogP contribution in [0, 0.1) is 17.1 Å². The zero-order valence-corrected chi connectivity index (χ0v) is 15.9. The minimum atomic E-state index is -0.663. The van der Waals surface area contributed by atoms with Crippen LogP contribution in [0.2, 0.25) is 0 Å². The Labute approximate surface area is 169 Å². The lowest BCUT2D eigenvalue weighted by Gasteiger charge is -2.26. The van der Waals surface area contributed by atoms with Crippen LogP contribution in [0.3, 0.4) is 0 Å². The van der Waals surface area contributed by atoms with Crippen molar-refractivity contribution in [2.75, 3.05) is 44.8 Å². The van der Waals surface area contributed by atoms with E-state index in [1.54, 1.807) is 30.3 Å². The van der Waals surface area contributed by atoms with Gasteiger partial charge in [-0.2, -0.15) is 5.26 Å². The standard InChI is InChI=1S/C22H22FN3O3/c23-20-3-1-2-4-21(20)25-22(27)18(16-24)15-17-5-7-19(8-6-17)29-14-11-26-9-12-28-13-10-26/h1-8,15H,9-14H2,(H,25,27)/b18-15+. The molecule has 0 bridgehead atoms. The Balaban J connectivity index is 1.56. The summed E-state index contributed by atoms with van der Waals surface area (Å²) in [6.45, 7) is 4.75. The third-order valence-corrected chi connectivity index (χ3v) is 4.46. The van der Waals surface area contributed by atoms with Crippen molar-refractivity contribution in [2.45, 2.75) is 0 Å². The number of carbonyl (C=O) groups excluding carboxylic acids is 1. The fourth-order valence-corrected chi connectivity index (χ4v) is 2.85. The summed E-state index contributed by atoms with van der Waals surface area (Å²) in [7, 11) is 0. The number of para-hydroxylation sites is 1. The number of amides is 1. The van der Waals surface area contributed by atoms with Gasteiger partial charge in [0.15, 0.2) is 0 Å². The molecule has 0 spiro atoms. The molecule has 0 atom stereocenters. The van der Waals surface area contributed by atoms with Gasteiger partial charge < -0.3 is 14.8 Å². The summed E-state index contributed by atoms with van der Waals surface area (Å²) in [5, 5.41) is 11.7. The highest BCUT2D eigenvalue weighted by Crippen LogP contribution is 2.17. The van der Waals surface area contributed by atoms with Gasteiger partial charge >= 0.3 is 0 Å². The maximum atomic E-state index is 13.7. The molecular weight excluding hydrogens is 373 g/mol. The molecule has 1 aliphatic rings. The number of rotatable bonds is 7. The summed E-state index contributed by atoms with van der Waals surface area (Å²) in [5.41, 5.74) is 0.586. The van der Waals surface area contributed by atoms with Crippen molar-refractivity contribution in [1.29, 1.82) is 5.26 Å². The molecule has 0 aromatic heterocycles. The lowest BCUT2D eigenvalue weighted by molar-refractivity contribution is -0.112. The number of nitrogens with zero attached hydrogens (tertiary/aromatic N) is 2. The second-order valence-corrected chi connectivity index (χ2v) is 6.48. The molecule has 7 heteroatoms. The number of ether oxygens (including phenoxy) is 2. The van der Waals surface area contributed by atoms with Gasteiger partial charge in [-0.15, -0.1) is 0 Å². The predicted molar refractivity (Wildman–Crippen MR) is 108 cm³/mol. The summed E-state index contributed by atoms with van der Waals surface area (Å²) in [4.78, 5) is 14.5. The summed E-state index contributed by atoms with van der Waals surface area (Å²) in [6, 6.07) is 14.8. The minimum absolute atomic E-state index is 0.0302. The van der Waals surface area contributed by atoms with Crippen LogP contribution in [0.4, 0.5) is 10.1 Å². The lowest BCUT2D eigenvalue weighted by atomic mass is 10.1. The molecule has 1 aliphatic heterocycles. The Morgan fingerprint density at radius 1 is 1.21 bits per heavy atom. The topological polar surface area (TPSA) is 74.6 Å². The van der Waals surface area contributed by atoms with Crippen LogP contribution in [-0.2, 0) is 9.53 Å². The molecule has 6 nitrogen and oxygen atoms in total. The van der Waals surface area contributed by atoms with Crippen LogP contribution < -0.4 is 10.1 Å². The molecule has 0 saturated carbocycles. The van der Waals surface area contributed by atoms with E-state index in [0.717, 1.165) is 32.8 Å². The summed E-state index contributed by atoms with van der Waals surface area (Å²) in [5.74, 6) is -0.509. The number of carbonyl (C=O) groups is 1. The first kappa shape index (κ1) is 20.5. The third-order valence-electron chi connectivity index (χ3n) is 4.46. The monoisotopic (exact) mass is 395 g/mol. The molecule has 2 aromatic rings. The zero-order valence-electron chi connectivity index (χ0n) is 15.9. The average Bonchev–Trinajstić information content (AvgIpc) is 2.75. The SMILES string of the molecule is N#C/C(=C\c1ccc(OCCN2CCOCC2)cc1)C(=O)Nc1ccccc1F. The summed E-state index contributed by atoms with van der Waals surface area (Å²) in [6.07, 6.45) is 1.45. The van der Waals surface area contributed by atoms with Gasteiger partial charge in [-0.3, -0.25) is 9.69 Å². The molecule has 1 fully saturated rings. The second-order valence-electron chi connectivity index (χ2n) is 6.48. The van der Waals surface area contributed by atoms with E-state index in [-0.39, 0.29) is 11.3 Å². The van der Waals surface area contributed by atoms with Crippen LogP contribution in [-0.4, -0.2) is 50.3 Å². The molecule has 1 amide bonds. The molecule has 150 valence electrons. The van der Waals surface area contributed by atoms with Crippen LogP contribution in [0.25, 0.3) is 6.08 Å². The average molecular weight is 395 g/mol. The van der Waals surface area contributed by atoms with Gasteiger partial charge in [0.05, 0.1) is 18.9 Å². The van der Waals surface area contributed by atoms with Crippen molar-refractivity contribution in [1.82, 2.24) is 4.90 Å². The van der Waals surface area contributed by atoms with Crippen molar-refractivity contribution < 1.29 is 18.7 Å². The maximum absolute atomic E-state index is 13.7. The lowest BCUT2D eigenvalue weighted by Crippen LogP contribution is -2.38. The molecule has 1 N–H and O–H groups in total. The molecule has 1 saturated heterocycles. The predicted octanol–water partition coefficient (Wildman–Crippen LogP) is 3.08. The van der Waals surface area contributed by atoms with Gasteiger partial charge in [0, 0.05) is 19.6 Å². The minimum Gasteiger partial charge on any atom is -0.492 e. The van der Waals surface area contributed by atoms with Crippen molar-refractivity contribution in [3.05, 3.63) is 65.5 Å². The van der Waals surface area contributed by atoms with E-state index in [1.165, 1.54) is 24.3 Å². The molecular formula is C22H22FN3O3. The van der Waals surface area contributed by atoms with E-state index in [1.807, 2.05) is 6.07 Å². The van der Waals surface area contributed by atoms with E-state index in [2.05, 4.69) is 10.2 Å². The van der Waals surface area contributed by atoms with E-state index in [9.17, 15) is 14.4 Å². The van der Waals surface area contributed by atoms with Crippen LogP contribution >= 0.6 is 0 Å². The highest BCUT2D eigenvalue weighted by atomic mass is 19.1. The number of benzene rings is 2. The molecule has 0 radical (unpaired) electrons. The summed E-state index contributed by atoms with van der Waals surface area (Å²) < 4.78 is 24.7. The Kier molecular flexibility index (Phi) is 7.34. The van der Waals surface area contributed by atoms with Crippen LogP contribution in [0.15, 0.2) is 54.1 Å². The quantitative estimate of drug-likeness (QED) is 0.576. The van der Waals surface area contributed by atoms with Crippen molar-refractivity contribution in [3.63, 3.8) is 0 Å². The number of nitrogens with one attached hydrogen (secondary N) is 1. The first-order valence-electron chi connectivity index (χ1n) is 9.36. The van der Waals surface area contributed by atoms with Crippen molar-refractivity contribution in [2.24, 2.45) is 0 Å². The van der Waals surface area contributed by atoms with E-state index in [4.69, 9.17) is 9.47 Å². The Bertz CT molecular complexity index is 900. The van der Waals surface area contributed by atoms with Crippen LogP contribution in [0.1, 0.15) is 5.56 Å². The molecule has 1 heterocycles. The Morgan fingerprint density at radius 2 is 1.93 bits per heavy atom. The van der Waals surface area contributed by atoms with Crippen LogP contribution in [0.5, 0.6) is 5.75 Å². The number of anilines is 1.